The maximum Gasteiger partial charge on any atom is 0.281 e. The molecule has 0 spiro atoms. The average Bonchev–Trinajstić information content (AvgIpc) is 2.96. The fourth-order valence-electron chi connectivity index (χ4n) is 3.24. The van der Waals surface area contributed by atoms with Gasteiger partial charge in [0.1, 0.15) is 6.10 Å². The van der Waals surface area contributed by atoms with E-state index in [-0.39, 0.29) is 18.2 Å². The molecule has 0 N–H and O–H groups in total. The molecule has 0 bridgehead atoms. The average molecular weight is 341 g/mol. The number of hydrogen-bond donors (Lipinski definition) is 0. The molecule has 1 saturated heterocycles. The number of rotatable bonds is 5. The predicted octanol–water partition coefficient (Wildman–Crippen LogP) is 0.636. The lowest BCUT2D eigenvalue weighted by molar-refractivity contribution is -0.101. The predicted molar refractivity (Wildman–Crippen MR) is 84.9 cm³/mol. The van der Waals surface area contributed by atoms with Gasteiger partial charge in [0.25, 0.3) is 10.2 Å². The molecule has 1 saturated carbocycles. The molecule has 0 aromatic carbocycles. The zero-order valence-corrected chi connectivity index (χ0v) is 14.3. The molecule has 128 valence electrons. The first-order chi connectivity index (χ1) is 11.0. The summed E-state index contributed by atoms with van der Waals surface area (Å²) in [5, 5.41) is 0. The summed E-state index contributed by atoms with van der Waals surface area (Å²) in [4.78, 5) is 4.07. The number of ether oxygens (including phenoxy) is 2. The van der Waals surface area contributed by atoms with Gasteiger partial charge >= 0.3 is 0 Å². The highest BCUT2D eigenvalue weighted by atomic mass is 32.2. The Morgan fingerprint density at radius 2 is 2.26 bits per heavy atom. The lowest BCUT2D eigenvalue weighted by Gasteiger charge is -2.39. The van der Waals surface area contributed by atoms with Crippen LogP contribution in [0.4, 0.5) is 0 Å². The Hall–Kier alpha value is -1.06. The summed E-state index contributed by atoms with van der Waals surface area (Å²) < 4.78 is 39.6. The lowest BCUT2D eigenvalue weighted by Crippen LogP contribution is -2.56. The monoisotopic (exact) mass is 341 g/mol. The standard InChI is InChI=1S/C15H23N3O4S/c1-17(2)23(19,20)18-8-9-21-15-13(18)5-6-14(15)22-11-12-4-3-7-16-10-12/h3-4,7,10,13-15H,5-6,8-9,11H2,1-2H3/t13-,14+,15-/m1/s1. The van der Waals surface area contributed by atoms with E-state index >= 15 is 0 Å². The third-order valence-electron chi connectivity index (χ3n) is 4.43. The van der Waals surface area contributed by atoms with Gasteiger partial charge in [-0.25, -0.2) is 0 Å². The van der Waals surface area contributed by atoms with E-state index < -0.39 is 10.2 Å². The van der Waals surface area contributed by atoms with Crippen molar-refractivity contribution >= 4 is 10.2 Å². The SMILES string of the molecule is CN(C)S(=O)(=O)N1CCO[C@H]2[C@@H](OCc3cccnc3)CC[C@H]21. The summed E-state index contributed by atoms with van der Waals surface area (Å²) >= 11 is 0. The lowest BCUT2D eigenvalue weighted by atomic mass is 10.1. The van der Waals surface area contributed by atoms with Crippen LogP contribution >= 0.6 is 0 Å². The van der Waals surface area contributed by atoms with E-state index in [4.69, 9.17) is 9.47 Å². The fraction of sp³-hybridized carbons (Fsp3) is 0.667. The quantitative estimate of drug-likeness (QED) is 0.786. The summed E-state index contributed by atoms with van der Waals surface area (Å²) in [6.07, 6.45) is 4.78. The Morgan fingerprint density at radius 3 is 2.96 bits per heavy atom. The van der Waals surface area contributed by atoms with Crippen LogP contribution in [0.15, 0.2) is 24.5 Å². The van der Waals surface area contributed by atoms with E-state index in [2.05, 4.69) is 4.98 Å². The van der Waals surface area contributed by atoms with Crippen molar-refractivity contribution in [3.8, 4) is 0 Å². The Kier molecular flexibility index (Phi) is 4.98. The third-order valence-corrected chi connectivity index (χ3v) is 6.40. The van der Waals surface area contributed by atoms with Crippen molar-refractivity contribution in [3.05, 3.63) is 30.1 Å². The maximum atomic E-state index is 12.5. The topological polar surface area (TPSA) is 72.0 Å². The second-order valence-corrected chi connectivity index (χ2v) is 8.19. The number of pyridine rings is 1. The molecule has 2 aliphatic rings. The van der Waals surface area contributed by atoms with E-state index in [0.29, 0.717) is 19.8 Å². The molecule has 1 aromatic heterocycles. The Bertz CT molecular complexity index is 623. The first kappa shape index (κ1) is 16.8. The van der Waals surface area contributed by atoms with Gasteiger partial charge in [0, 0.05) is 33.0 Å². The highest BCUT2D eigenvalue weighted by molar-refractivity contribution is 7.86. The van der Waals surface area contributed by atoms with E-state index in [9.17, 15) is 8.42 Å². The zero-order valence-electron chi connectivity index (χ0n) is 13.5. The molecule has 2 fully saturated rings. The summed E-state index contributed by atoms with van der Waals surface area (Å²) in [7, 11) is -0.302. The fourth-order valence-corrected chi connectivity index (χ4v) is 4.54. The highest BCUT2D eigenvalue weighted by Gasteiger charge is 2.47. The van der Waals surface area contributed by atoms with Crippen molar-refractivity contribution in [2.24, 2.45) is 0 Å². The smallest absolute Gasteiger partial charge is 0.281 e. The molecule has 0 unspecified atom stereocenters. The molecule has 1 aliphatic heterocycles. The van der Waals surface area contributed by atoms with Crippen LogP contribution in [-0.2, 0) is 26.3 Å². The van der Waals surface area contributed by atoms with Gasteiger partial charge in [-0.05, 0) is 24.5 Å². The Balaban J connectivity index is 1.67. The molecule has 1 aliphatic carbocycles. The van der Waals surface area contributed by atoms with Gasteiger partial charge in [0.15, 0.2) is 0 Å². The molecular formula is C15H23N3O4S. The van der Waals surface area contributed by atoms with Gasteiger partial charge in [-0.3, -0.25) is 4.98 Å². The summed E-state index contributed by atoms with van der Waals surface area (Å²) in [5.74, 6) is 0. The van der Waals surface area contributed by atoms with Gasteiger partial charge in [0.05, 0.1) is 25.4 Å². The normalized spacial score (nSPS) is 28.9. The molecule has 3 atom stereocenters. The van der Waals surface area contributed by atoms with Crippen LogP contribution in [0.5, 0.6) is 0 Å². The molecule has 8 heteroatoms. The molecule has 3 rings (SSSR count). The summed E-state index contributed by atoms with van der Waals surface area (Å²) in [5.41, 5.74) is 1.00. The molecule has 0 amide bonds. The number of morpholine rings is 1. The molecule has 7 nitrogen and oxygen atoms in total. The first-order valence-corrected chi connectivity index (χ1v) is 9.21. The van der Waals surface area contributed by atoms with Gasteiger partial charge in [-0.1, -0.05) is 6.07 Å². The van der Waals surface area contributed by atoms with Crippen molar-refractivity contribution in [2.45, 2.75) is 37.7 Å². The molecule has 0 radical (unpaired) electrons. The van der Waals surface area contributed by atoms with Gasteiger partial charge in [0.2, 0.25) is 0 Å². The van der Waals surface area contributed by atoms with Crippen LogP contribution in [-0.4, -0.2) is 67.5 Å². The minimum Gasteiger partial charge on any atom is -0.372 e. The van der Waals surface area contributed by atoms with E-state index in [1.54, 1.807) is 30.8 Å². The van der Waals surface area contributed by atoms with Crippen LogP contribution in [0.25, 0.3) is 0 Å². The van der Waals surface area contributed by atoms with Crippen molar-refractivity contribution in [1.29, 1.82) is 0 Å². The van der Waals surface area contributed by atoms with Crippen molar-refractivity contribution in [2.75, 3.05) is 27.2 Å². The van der Waals surface area contributed by atoms with Crippen LogP contribution in [0.3, 0.4) is 0 Å². The molecule has 23 heavy (non-hydrogen) atoms. The van der Waals surface area contributed by atoms with E-state index in [1.807, 2.05) is 12.1 Å². The minimum atomic E-state index is -3.42. The van der Waals surface area contributed by atoms with Gasteiger partial charge in [-0.2, -0.15) is 17.0 Å². The second kappa shape index (κ2) is 6.82. The molecule has 1 aromatic rings. The maximum absolute atomic E-state index is 12.5. The second-order valence-electron chi connectivity index (χ2n) is 6.09. The van der Waals surface area contributed by atoms with E-state index in [0.717, 1.165) is 18.4 Å². The van der Waals surface area contributed by atoms with Crippen LogP contribution in [0, 0.1) is 0 Å². The van der Waals surface area contributed by atoms with Crippen LogP contribution in [0.1, 0.15) is 18.4 Å². The summed E-state index contributed by atoms with van der Waals surface area (Å²) in [6.45, 7) is 1.27. The molecule has 2 heterocycles. The largest absolute Gasteiger partial charge is 0.372 e. The first-order valence-electron chi connectivity index (χ1n) is 7.81. The number of aromatic nitrogens is 1. The number of nitrogens with zero attached hydrogens (tertiary/aromatic N) is 3. The Labute approximate surface area is 137 Å². The third kappa shape index (κ3) is 3.41. The van der Waals surface area contributed by atoms with Crippen LogP contribution < -0.4 is 0 Å². The highest BCUT2D eigenvalue weighted by Crippen LogP contribution is 2.34. The van der Waals surface area contributed by atoms with Gasteiger partial charge in [-0.15, -0.1) is 0 Å². The Morgan fingerprint density at radius 1 is 1.43 bits per heavy atom. The number of hydrogen-bond acceptors (Lipinski definition) is 5. The van der Waals surface area contributed by atoms with E-state index in [1.165, 1.54) is 4.31 Å². The number of fused-ring (bicyclic) bond motifs is 1. The van der Waals surface area contributed by atoms with Gasteiger partial charge < -0.3 is 9.47 Å². The van der Waals surface area contributed by atoms with Crippen molar-refractivity contribution < 1.29 is 17.9 Å². The molecular weight excluding hydrogens is 318 g/mol. The van der Waals surface area contributed by atoms with Crippen LogP contribution in [0.2, 0.25) is 0 Å². The zero-order chi connectivity index (χ0) is 16.4. The summed E-state index contributed by atoms with van der Waals surface area (Å²) in [6, 6.07) is 3.69. The minimum absolute atomic E-state index is 0.0830. The van der Waals surface area contributed by atoms with Crippen molar-refractivity contribution in [3.63, 3.8) is 0 Å². The van der Waals surface area contributed by atoms with Crippen molar-refractivity contribution in [1.82, 2.24) is 13.6 Å².